The van der Waals surface area contributed by atoms with Gasteiger partial charge < -0.3 is 9.42 Å². The Morgan fingerprint density at radius 3 is 2.52 bits per heavy atom. The number of rotatable bonds is 4. The number of hydrogen-bond acceptors (Lipinski definition) is 5. The maximum Gasteiger partial charge on any atom is 0.259 e. The normalized spacial score (nSPS) is 21.5. The fourth-order valence-corrected chi connectivity index (χ4v) is 4.71. The number of aryl methyl sites for hydroxylation is 1. The van der Waals surface area contributed by atoms with Crippen LogP contribution in [-0.2, 0) is 6.54 Å². The first kappa shape index (κ1) is 18.1. The highest BCUT2D eigenvalue weighted by atomic mass is 16.5. The Kier molecular flexibility index (Phi) is 4.64. The summed E-state index contributed by atoms with van der Waals surface area (Å²) in [6.07, 6.45) is 3.43. The molecular formula is C23H24N4O2. The topological polar surface area (TPSA) is 62.5 Å². The fourth-order valence-electron chi connectivity index (χ4n) is 4.71. The molecule has 2 aliphatic rings. The van der Waals surface area contributed by atoms with E-state index in [1.54, 1.807) is 19.3 Å². The summed E-state index contributed by atoms with van der Waals surface area (Å²) in [5, 5.41) is 4.14. The molecule has 3 aromatic rings. The van der Waals surface area contributed by atoms with Gasteiger partial charge >= 0.3 is 0 Å². The molecule has 5 rings (SSSR count). The van der Waals surface area contributed by atoms with Crippen LogP contribution in [0.5, 0.6) is 0 Å². The highest BCUT2D eigenvalue weighted by molar-refractivity contribution is 6.00. The van der Waals surface area contributed by atoms with Gasteiger partial charge in [0.25, 0.3) is 5.91 Å². The Morgan fingerprint density at radius 2 is 1.83 bits per heavy atom. The quantitative estimate of drug-likeness (QED) is 0.687. The number of carbonyl (C=O) groups is 1. The second kappa shape index (κ2) is 7.44. The molecule has 0 unspecified atom stereocenters. The Labute approximate surface area is 170 Å². The molecule has 1 amide bonds. The van der Waals surface area contributed by atoms with Crippen molar-refractivity contribution in [2.45, 2.75) is 13.5 Å². The van der Waals surface area contributed by atoms with Gasteiger partial charge in [-0.1, -0.05) is 35.5 Å². The Bertz CT molecular complexity index is 988. The van der Waals surface area contributed by atoms with Crippen molar-refractivity contribution in [1.82, 2.24) is 19.9 Å². The molecule has 2 aliphatic heterocycles. The molecule has 2 saturated heterocycles. The maximum atomic E-state index is 13.3. The minimum Gasteiger partial charge on any atom is -0.360 e. The van der Waals surface area contributed by atoms with Gasteiger partial charge in [0, 0.05) is 50.7 Å². The second-order valence-corrected chi connectivity index (χ2v) is 8.11. The molecule has 0 spiro atoms. The van der Waals surface area contributed by atoms with Gasteiger partial charge in [0.15, 0.2) is 0 Å². The molecule has 29 heavy (non-hydrogen) atoms. The van der Waals surface area contributed by atoms with E-state index in [1.165, 1.54) is 5.56 Å². The van der Waals surface area contributed by atoms with Gasteiger partial charge in [-0.15, -0.1) is 0 Å². The van der Waals surface area contributed by atoms with Crippen molar-refractivity contribution in [1.29, 1.82) is 0 Å². The summed E-state index contributed by atoms with van der Waals surface area (Å²) in [5.41, 5.74) is 3.31. The van der Waals surface area contributed by atoms with Gasteiger partial charge in [0.1, 0.15) is 17.0 Å². The third-order valence-electron chi connectivity index (χ3n) is 6.11. The van der Waals surface area contributed by atoms with Crippen molar-refractivity contribution in [2.75, 3.05) is 26.2 Å². The monoisotopic (exact) mass is 388 g/mol. The fraction of sp³-hybridized carbons (Fsp3) is 0.348. The van der Waals surface area contributed by atoms with Crippen molar-refractivity contribution >= 4 is 5.91 Å². The van der Waals surface area contributed by atoms with Crippen molar-refractivity contribution in [2.24, 2.45) is 11.8 Å². The standard InChI is InChI=1S/C23H24N4O2/c1-16-21(22(25-29-16)18-8-5-9-24-10-18)23(28)27-14-19-12-26(13-20(19)15-27)11-17-6-3-2-4-7-17/h2-10,19-20H,11-15H2,1H3/t19-,20+. The third kappa shape index (κ3) is 3.44. The number of hydrogen-bond donors (Lipinski definition) is 0. The van der Waals surface area contributed by atoms with Crippen LogP contribution >= 0.6 is 0 Å². The van der Waals surface area contributed by atoms with E-state index in [0.29, 0.717) is 28.9 Å². The number of carbonyl (C=O) groups excluding carboxylic acids is 1. The third-order valence-corrected chi connectivity index (χ3v) is 6.11. The molecule has 6 nitrogen and oxygen atoms in total. The highest BCUT2D eigenvalue weighted by Crippen LogP contribution is 2.34. The lowest BCUT2D eigenvalue weighted by Crippen LogP contribution is -2.33. The van der Waals surface area contributed by atoms with Gasteiger partial charge in [0.05, 0.1) is 0 Å². The number of pyridine rings is 1. The predicted molar refractivity (Wildman–Crippen MR) is 109 cm³/mol. The minimum atomic E-state index is 0.0200. The van der Waals surface area contributed by atoms with Crippen LogP contribution in [0.2, 0.25) is 0 Å². The number of fused-ring (bicyclic) bond motifs is 1. The van der Waals surface area contributed by atoms with Crippen molar-refractivity contribution in [3.05, 3.63) is 71.7 Å². The first-order valence-corrected chi connectivity index (χ1v) is 10.1. The molecule has 2 atom stereocenters. The van der Waals surface area contributed by atoms with Gasteiger partial charge in [-0.25, -0.2) is 0 Å². The molecule has 6 heteroatoms. The first-order valence-electron chi connectivity index (χ1n) is 10.1. The molecular weight excluding hydrogens is 364 g/mol. The van der Waals surface area contributed by atoms with E-state index < -0.39 is 0 Å². The molecule has 0 bridgehead atoms. The molecule has 1 aromatic carbocycles. The van der Waals surface area contributed by atoms with Crippen LogP contribution in [0.3, 0.4) is 0 Å². The smallest absolute Gasteiger partial charge is 0.259 e. The molecule has 0 N–H and O–H groups in total. The second-order valence-electron chi connectivity index (χ2n) is 8.11. The number of amides is 1. The Morgan fingerprint density at radius 1 is 1.07 bits per heavy atom. The number of nitrogens with zero attached hydrogens (tertiary/aromatic N) is 4. The first-order chi connectivity index (χ1) is 14.2. The highest BCUT2D eigenvalue weighted by Gasteiger charge is 2.42. The molecule has 0 aliphatic carbocycles. The SMILES string of the molecule is Cc1onc(-c2cccnc2)c1C(=O)N1C[C@H]2CN(Cc3ccccc3)C[C@H]2C1. The van der Waals surface area contributed by atoms with Crippen LogP contribution in [0.4, 0.5) is 0 Å². The molecule has 2 aromatic heterocycles. The number of benzene rings is 1. The van der Waals surface area contributed by atoms with Crippen molar-refractivity contribution in [3.8, 4) is 11.3 Å². The van der Waals surface area contributed by atoms with Gasteiger partial charge in [0.2, 0.25) is 0 Å². The lowest BCUT2D eigenvalue weighted by molar-refractivity contribution is 0.0772. The lowest BCUT2D eigenvalue weighted by atomic mass is 10.0. The lowest BCUT2D eigenvalue weighted by Gasteiger charge is -2.21. The summed E-state index contributed by atoms with van der Waals surface area (Å²) in [6, 6.07) is 14.3. The van der Waals surface area contributed by atoms with E-state index >= 15 is 0 Å². The van der Waals surface area contributed by atoms with E-state index in [0.717, 1.165) is 38.3 Å². The molecule has 4 heterocycles. The average molecular weight is 388 g/mol. The Balaban J connectivity index is 1.28. The predicted octanol–water partition coefficient (Wildman–Crippen LogP) is 3.25. The van der Waals surface area contributed by atoms with Crippen LogP contribution in [-0.4, -0.2) is 52.0 Å². The van der Waals surface area contributed by atoms with Crippen molar-refractivity contribution in [3.63, 3.8) is 0 Å². The summed E-state index contributed by atoms with van der Waals surface area (Å²) in [7, 11) is 0. The van der Waals surface area contributed by atoms with E-state index in [1.807, 2.05) is 17.0 Å². The van der Waals surface area contributed by atoms with E-state index in [-0.39, 0.29) is 5.91 Å². The van der Waals surface area contributed by atoms with Crippen LogP contribution in [0.15, 0.2) is 59.4 Å². The minimum absolute atomic E-state index is 0.0200. The molecule has 0 radical (unpaired) electrons. The van der Waals surface area contributed by atoms with E-state index in [9.17, 15) is 4.79 Å². The largest absolute Gasteiger partial charge is 0.360 e. The number of likely N-dealkylation sites (tertiary alicyclic amines) is 2. The van der Waals surface area contributed by atoms with Gasteiger partial charge in [-0.3, -0.25) is 14.7 Å². The zero-order chi connectivity index (χ0) is 19.8. The maximum absolute atomic E-state index is 13.3. The molecule has 2 fully saturated rings. The summed E-state index contributed by atoms with van der Waals surface area (Å²) in [5.74, 6) is 1.65. The zero-order valence-electron chi connectivity index (χ0n) is 16.5. The van der Waals surface area contributed by atoms with E-state index in [4.69, 9.17) is 4.52 Å². The van der Waals surface area contributed by atoms with Crippen molar-refractivity contribution < 1.29 is 9.32 Å². The van der Waals surface area contributed by atoms with Crippen LogP contribution in [0, 0.1) is 18.8 Å². The summed E-state index contributed by atoms with van der Waals surface area (Å²) >= 11 is 0. The summed E-state index contributed by atoms with van der Waals surface area (Å²) in [6.45, 7) is 6.47. The van der Waals surface area contributed by atoms with Gasteiger partial charge in [-0.2, -0.15) is 0 Å². The summed E-state index contributed by atoms with van der Waals surface area (Å²) in [4.78, 5) is 22.0. The summed E-state index contributed by atoms with van der Waals surface area (Å²) < 4.78 is 5.37. The van der Waals surface area contributed by atoms with Crippen LogP contribution < -0.4 is 0 Å². The zero-order valence-corrected chi connectivity index (χ0v) is 16.5. The molecule has 0 saturated carbocycles. The van der Waals surface area contributed by atoms with Crippen LogP contribution in [0.25, 0.3) is 11.3 Å². The van der Waals surface area contributed by atoms with Gasteiger partial charge in [-0.05, 0) is 36.5 Å². The van der Waals surface area contributed by atoms with E-state index in [2.05, 4.69) is 45.4 Å². The average Bonchev–Trinajstić information content (AvgIpc) is 3.42. The Hall–Kier alpha value is -2.99. The van der Waals surface area contributed by atoms with Crippen LogP contribution in [0.1, 0.15) is 21.7 Å². The molecule has 148 valence electrons. The number of aromatic nitrogens is 2.